The molecule has 0 bridgehead atoms. The highest BCUT2D eigenvalue weighted by Crippen LogP contribution is 2.51. The number of benzene rings is 4. The van der Waals surface area contributed by atoms with Gasteiger partial charge in [0.1, 0.15) is 6.29 Å². The van der Waals surface area contributed by atoms with Crippen LogP contribution < -0.4 is 4.31 Å². The summed E-state index contributed by atoms with van der Waals surface area (Å²) in [5, 5.41) is 1.21. The van der Waals surface area contributed by atoms with E-state index in [9.17, 15) is 17.8 Å². The summed E-state index contributed by atoms with van der Waals surface area (Å²) in [5.74, 6) is -0.244. The number of carbonyl (C=O) groups is 1. The first-order valence-electron chi connectivity index (χ1n) is 13.2. The van der Waals surface area contributed by atoms with Crippen molar-refractivity contribution in [1.82, 2.24) is 4.90 Å². The zero-order chi connectivity index (χ0) is 30.5. The normalized spacial score (nSPS) is 11.9. The Morgan fingerprint density at radius 2 is 1.43 bits per heavy atom. The van der Waals surface area contributed by atoms with E-state index in [-0.39, 0.29) is 39.7 Å². The van der Waals surface area contributed by atoms with Crippen molar-refractivity contribution in [2.24, 2.45) is 0 Å². The number of anilines is 1. The van der Waals surface area contributed by atoms with Gasteiger partial charge in [-0.2, -0.15) is 0 Å². The molecule has 0 heterocycles. The van der Waals surface area contributed by atoms with Crippen molar-refractivity contribution in [3.05, 3.63) is 106 Å². The summed E-state index contributed by atoms with van der Waals surface area (Å²) < 4.78 is 54.0. The fourth-order valence-corrected chi connectivity index (χ4v) is 8.99. The van der Waals surface area contributed by atoms with Gasteiger partial charge in [0.2, 0.25) is 0 Å². The number of halogens is 2. The number of carbonyl (C=O) groups excluding carboxylic acids is 1. The second-order valence-electron chi connectivity index (χ2n) is 9.37. The van der Waals surface area contributed by atoms with Gasteiger partial charge in [-0.05, 0) is 55.1 Å². The Kier molecular flexibility index (Phi) is 10.4. The molecule has 0 aliphatic rings. The summed E-state index contributed by atoms with van der Waals surface area (Å²) in [5.41, 5.74) is 1.53. The molecule has 0 spiro atoms. The molecular formula is C30H31Cl2N2O6PS. The van der Waals surface area contributed by atoms with E-state index in [1.807, 2.05) is 30.3 Å². The number of fused-ring (bicyclic) bond motifs is 1. The van der Waals surface area contributed by atoms with Crippen molar-refractivity contribution in [2.45, 2.75) is 25.3 Å². The molecule has 0 N–H and O–H groups in total. The number of nitrogens with zero attached hydrogens (tertiary/aromatic N) is 2. The summed E-state index contributed by atoms with van der Waals surface area (Å²) >= 11 is 12.3. The van der Waals surface area contributed by atoms with Crippen LogP contribution in [-0.2, 0) is 30.2 Å². The number of hydrogen-bond acceptors (Lipinski definition) is 6. The average Bonchev–Trinajstić information content (AvgIpc) is 2.95. The van der Waals surface area contributed by atoms with Crippen molar-refractivity contribution >= 4 is 63.2 Å². The van der Waals surface area contributed by atoms with E-state index in [0.29, 0.717) is 22.9 Å². The van der Waals surface area contributed by atoms with Crippen LogP contribution in [0.3, 0.4) is 0 Å². The lowest BCUT2D eigenvalue weighted by Crippen LogP contribution is -2.33. The molecule has 1 amide bonds. The molecule has 222 valence electrons. The van der Waals surface area contributed by atoms with Crippen molar-refractivity contribution in [1.29, 1.82) is 0 Å². The highest BCUT2D eigenvalue weighted by Gasteiger charge is 2.36. The molecule has 0 saturated carbocycles. The standard InChI is InChI=1S/C30H31Cl2N2O6PS/c1-4-39-41(36,40-5-2)21-34(42(37,38)25-18-23(31)17-24(32)19-25)29-16-10-13-26-27(29)14-9-15-28(26)30(35)33(3)20-22-11-7-6-8-12-22/h6-19H,4-5,20-21H2,1-3H3. The third-order valence-corrected chi connectivity index (χ3v) is 10.7. The largest absolute Gasteiger partial charge is 0.350 e. The quantitative estimate of drug-likeness (QED) is 0.145. The van der Waals surface area contributed by atoms with Gasteiger partial charge < -0.3 is 13.9 Å². The lowest BCUT2D eigenvalue weighted by Gasteiger charge is -2.29. The van der Waals surface area contributed by atoms with Gasteiger partial charge in [0, 0.05) is 34.6 Å². The summed E-state index contributed by atoms with van der Waals surface area (Å²) in [4.78, 5) is 15.0. The molecular weight excluding hydrogens is 618 g/mol. The summed E-state index contributed by atoms with van der Waals surface area (Å²) in [7, 11) is -6.65. The molecule has 12 heteroatoms. The smallest absolute Gasteiger partial charge is 0.337 e. The van der Waals surface area contributed by atoms with Gasteiger partial charge in [-0.25, -0.2) is 8.42 Å². The zero-order valence-corrected chi connectivity index (χ0v) is 26.6. The van der Waals surface area contributed by atoms with Gasteiger partial charge in [0.15, 0.2) is 0 Å². The molecule has 4 aromatic rings. The van der Waals surface area contributed by atoms with Crippen LogP contribution >= 0.6 is 30.8 Å². The molecule has 4 aromatic carbocycles. The van der Waals surface area contributed by atoms with E-state index >= 15 is 0 Å². The van der Waals surface area contributed by atoms with Crippen LogP contribution in [0.15, 0.2) is 89.8 Å². The minimum absolute atomic E-state index is 0.0378. The Hall–Kier alpha value is -2.91. The molecule has 0 aliphatic carbocycles. The van der Waals surface area contributed by atoms with E-state index in [1.54, 1.807) is 62.2 Å². The topological polar surface area (TPSA) is 93.2 Å². The first-order chi connectivity index (χ1) is 20.0. The van der Waals surface area contributed by atoms with E-state index in [2.05, 4.69) is 0 Å². The van der Waals surface area contributed by atoms with Gasteiger partial charge in [0.05, 0.1) is 23.8 Å². The summed E-state index contributed by atoms with van der Waals surface area (Å²) in [6.45, 7) is 3.75. The molecule has 42 heavy (non-hydrogen) atoms. The van der Waals surface area contributed by atoms with Gasteiger partial charge >= 0.3 is 7.60 Å². The van der Waals surface area contributed by atoms with Crippen LogP contribution in [-0.4, -0.2) is 45.8 Å². The van der Waals surface area contributed by atoms with Crippen LogP contribution in [0.1, 0.15) is 29.8 Å². The highest BCUT2D eigenvalue weighted by molar-refractivity contribution is 7.93. The molecule has 8 nitrogen and oxygen atoms in total. The van der Waals surface area contributed by atoms with Crippen molar-refractivity contribution in [3.8, 4) is 0 Å². The monoisotopic (exact) mass is 648 g/mol. The maximum Gasteiger partial charge on any atom is 0.350 e. The van der Waals surface area contributed by atoms with E-state index < -0.39 is 23.9 Å². The second-order valence-corrected chi connectivity index (χ2v) is 14.1. The summed E-state index contributed by atoms with van der Waals surface area (Å²) in [6.07, 6.45) is -0.619. The Morgan fingerprint density at radius 1 is 0.833 bits per heavy atom. The molecule has 0 atom stereocenters. The van der Waals surface area contributed by atoms with E-state index in [4.69, 9.17) is 32.2 Å². The minimum atomic E-state index is -4.41. The van der Waals surface area contributed by atoms with E-state index in [0.717, 1.165) is 9.87 Å². The molecule has 0 unspecified atom stereocenters. The number of sulfonamides is 1. The van der Waals surface area contributed by atoms with Gasteiger partial charge in [-0.3, -0.25) is 13.7 Å². The predicted octanol–water partition coefficient (Wildman–Crippen LogP) is 7.84. The summed E-state index contributed by atoms with van der Waals surface area (Å²) in [6, 6.07) is 23.6. The maximum absolute atomic E-state index is 14.2. The van der Waals surface area contributed by atoms with Gasteiger partial charge in [-0.15, -0.1) is 0 Å². The van der Waals surface area contributed by atoms with Crippen LogP contribution in [0.2, 0.25) is 10.0 Å². The highest BCUT2D eigenvalue weighted by atomic mass is 35.5. The first kappa shape index (κ1) is 32.0. The third-order valence-electron chi connectivity index (χ3n) is 6.38. The molecule has 0 fully saturated rings. The van der Waals surface area contributed by atoms with E-state index in [1.165, 1.54) is 18.2 Å². The molecule has 0 radical (unpaired) electrons. The lowest BCUT2D eigenvalue weighted by atomic mass is 10.0. The lowest BCUT2D eigenvalue weighted by molar-refractivity contribution is 0.0787. The second kappa shape index (κ2) is 13.6. The molecule has 0 saturated heterocycles. The number of rotatable bonds is 12. The fourth-order valence-electron chi connectivity index (χ4n) is 4.59. The van der Waals surface area contributed by atoms with Crippen LogP contribution in [0.4, 0.5) is 5.69 Å². The van der Waals surface area contributed by atoms with Gasteiger partial charge in [0.25, 0.3) is 15.9 Å². The van der Waals surface area contributed by atoms with Crippen molar-refractivity contribution in [2.75, 3.05) is 30.9 Å². The SMILES string of the molecule is CCOP(=O)(CN(c1cccc2c(C(=O)N(C)Cc3ccccc3)cccc12)S(=O)(=O)c1cc(Cl)cc(Cl)c1)OCC. The van der Waals surface area contributed by atoms with Crippen LogP contribution in [0, 0.1) is 0 Å². The molecule has 4 rings (SSSR count). The zero-order valence-electron chi connectivity index (χ0n) is 23.4. The Labute approximate surface area is 256 Å². The van der Waals surface area contributed by atoms with Crippen molar-refractivity contribution in [3.63, 3.8) is 0 Å². The Bertz CT molecular complexity index is 1710. The molecule has 0 aliphatic heterocycles. The van der Waals surface area contributed by atoms with Crippen LogP contribution in [0.5, 0.6) is 0 Å². The molecule has 0 aromatic heterocycles. The predicted molar refractivity (Wildman–Crippen MR) is 168 cm³/mol. The number of hydrogen-bond donors (Lipinski definition) is 0. The maximum atomic E-state index is 14.2. The average molecular weight is 650 g/mol. The fraction of sp³-hybridized carbons (Fsp3) is 0.233. The minimum Gasteiger partial charge on any atom is -0.337 e. The van der Waals surface area contributed by atoms with Crippen molar-refractivity contribution < 1.29 is 26.8 Å². The Balaban J connectivity index is 1.87. The first-order valence-corrected chi connectivity index (χ1v) is 17.1. The third kappa shape index (κ3) is 7.17. The Morgan fingerprint density at radius 3 is 2.05 bits per heavy atom. The number of amides is 1. The van der Waals surface area contributed by atoms with Gasteiger partial charge in [-0.1, -0.05) is 77.8 Å². The van der Waals surface area contributed by atoms with Crippen LogP contribution in [0.25, 0.3) is 10.8 Å².